The maximum Gasteiger partial charge on any atom is 0.335 e. The van der Waals surface area contributed by atoms with Crippen molar-refractivity contribution in [1.29, 1.82) is 5.26 Å². The average Bonchev–Trinajstić information content (AvgIpc) is 3.15. The second-order valence-electron chi connectivity index (χ2n) is 6.68. The van der Waals surface area contributed by atoms with Crippen LogP contribution in [-0.2, 0) is 10.0 Å². The molecular formula is C21H15N5O4S. The molecule has 2 aromatic heterocycles. The lowest BCUT2D eigenvalue weighted by Gasteiger charge is -2.12. The Bertz CT molecular complexity index is 1470. The maximum atomic E-state index is 12.9. The number of carbonyl (C=O) groups is 1. The number of hydrogen-bond donors (Lipinski definition) is 2. The third kappa shape index (κ3) is 3.70. The number of nitrogens with zero attached hydrogens (tertiary/aromatic N) is 4. The van der Waals surface area contributed by atoms with Gasteiger partial charge in [-0.2, -0.15) is 15.0 Å². The molecule has 4 rings (SSSR count). The van der Waals surface area contributed by atoms with Gasteiger partial charge < -0.3 is 5.11 Å². The van der Waals surface area contributed by atoms with Gasteiger partial charge in [0, 0.05) is 5.39 Å². The van der Waals surface area contributed by atoms with Gasteiger partial charge in [-0.3, -0.25) is 4.72 Å². The van der Waals surface area contributed by atoms with Gasteiger partial charge in [0.15, 0.2) is 11.6 Å². The first-order chi connectivity index (χ1) is 14.8. The summed E-state index contributed by atoms with van der Waals surface area (Å²) in [5, 5.41) is 23.5. The molecule has 154 valence electrons. The summed E-state index contributed by atoms with van der Waals surface area (Å²) >= 11 is 0. The zero-order chi connectivity index (χ0) is 22.2. The van der Waals surface area contributed by atoms with Gasteiger partial charge in [0.05, 0.1) is 22.2 Å². The van der Waals surface area contributed by atoms with Gasteiger partial charge in [-0.25, -0.2) is 18.2 Å². The van der Waals surface area contributed by atoms with Crippen LogP contribution in [0, 0.1) is 18.3 Å². The molecule has 0 atom stereocenters. The van der Waals surface area contributed by atoms with Crippen LogP contribution in [-0.4, -0.2) is 34.3 Å². The van der Waals surface area contributed by atoms with Crippen LogP contribution in [0.25, 0.3) is 16.7 Å². The van der Waals surface area contributed by atoms with E-state index in [2.05, 4.69) is 14.8 Å². The molecule has 0 aliphatic rings. The number of nitrogens with one attached hydrogen (secondary N) is 1. The van der Waals surface area contributed by atoms with Crippen LogP contribution in [0.4, 0.5) is 5.82 Å². The Hall–Kier alpha value is -4.23. The van der Waals surface area contributed by atoms with Gasteiger partial charge in [0.2, 0.25) is 0 Å². The van der Waals surface area contributed by atoms with Gasteiger partial charge in [0.1, 0.15) is 11.6 Å². The van der Waals surface area contributed by atoms with Gasteiger partial charge in [-0.05, 0) is 48.9 Å². The average molecular weight is 433 g/mol. The molecule has 0 radical (unpaired) electrons. The zero-order valence-corrected chi connectivity index (χ0v) is 17.0. The van der Waals surface area contributed by atoms with Crippen LogP contribution >= 0.6 is 0 Å². The van der Waals surface area contributed by atoms with E-state index in [9.17, 15) is 18.5 Å². The Morgan fingerprint density at radius 1 is 1.16 bits per heavy atom. The van der Waals surface area contributed by atoms with Crippen molar-refractivity contribution in [2.45, 2.75) is 11.8 Å². The number of rotatable bonds is 5. The normalized spacial score (nSPS) is 11.2. The lowest BCUT2D eigenvalue weighted by Crippen LogP contribution is -2.17. The standard InChI is InChI=1S/C21H15N5O4S/c1-13-10-19(24-18-5-3-2-4-17(13)18)26-20(15(11-22)12-23-26)25-31(29,30)16-8-6-14(7-9-16)21(27)28/h2-10,12,25H,1H3,(H,27,28). The number of aryl methyl sites for hydroxylation is 1. The van der Waals surface area contributed by atoms with E-state index in [1.54, 1.807) is 6.07 Å². The molecule has 2 aromatic carbocycles. The van der Waals surface area contributed by atoms with Crippen molar-refractivity contribution in [2.75, 3.05) is 4.72 Å². The zero-order valence-electron chi connectivity index (χ0n) is 16.1. The van der Waals surface area contributed by atoms with E-state index in [-0.39, 0.29) is 21.8 Å². The fourth-order valence-corrected chi connectivity index (χ4v) is 4.17. The largest absolute Gasteiger partial charge is 0.478 e. The number of para-hydroxylation sites is 1. The Balaban J connectivity index is 1.79. The summed E-state index contributed by atoms with van der Waals surface area (Å²) in [6.45, 7) is 1.90. The number of hydrogen-bond acceptors (Lipinski definition) is 6. The number of nitriles is 1. The number of carboxylic acid groups (broad SMARTS) is 1. The quantitative estimate of drug-likeness (QED) is 0.493. The number of sulfonamides is 1. The highest BCUT2D eigenvalue weighted by Gasteiger charge is 2.22. The van der Waals surface area contributed by atoms with Crippen molar-refractivity contribution in [3.8, 4) is 11.9 Å². The number of benzene rings is 2. The van der Waals surface area contributed by atoms with Crippen molar-refractivity contribution in [2.24, 2.45) is 0 Å². The molecular weight excluding hydrogens is 418 g/mol. The predicted octanol–water partition coefficient (Wildman–Crippen LogP) is 3.10. The summed E-state index contributed by atoms with van der Waals surface area (Å²) < 4.78 is 29.4. The minimum absolute atomic E-state index is 0.0124. The van der Waals surface area contributed by atoms with Crippen molar-refractivity contribution in [1.82, 2.24) is 14.8 Å². The summed E-state index contributed by atoms with van der Waals surface area (Å²) in [5.41, 5.74) is 1.58. The first-order valence-electron chi connectivity index (χ1n) is 9.01. The monoisotopic (exact) mass is 433 g/mol. The van der Waals surface area contributed by atoms with E-state index in [1.165, 1.54) is 35.1 Å². The molecule has 10 heteroatoms. The number of pyridine rings is 1. The molecule has 31 heavy (non-hydrogen) atoms. The van der Waals surface area contributed by atoms with E-state index in [1.807, 2.05) is 37.3 Å². The molecule has 2 N–H and O–H groups in total. The molecule has 0 saturated carbocycles. The van der Waals surface area contributed by atoms with Crippen molar-refractivity contribution >= 4 is 32.7 Å². The highest BCUT2D eigenvalue weighted by molar-refractivity contribution is 7.92. The lowest BCUT2D eigenvalue weighted by molar-refractivity contribution is 0.0696. The third-order valence-electron chi connectivity index (χ3n) is 4.66. The minimum Gasteiger partial charge on any atom is -0.478 e. The summed E-state index contributed by atoms with van der Waals surface area (Å²) in [6, 6.07) is 15.9. The van der Waals surface area contributed by atoms with Crippen LogP contribution in [0.2, 0.25) is 0 Å². The summed E-state index contributed by atoms with van der Waals surface area (Å²) in [7, 11) is -4.12. The number of aromatic carboxylic acids is 1. The maximum absolute atomic E-state index is 12.9. The lowest BCUT2D eigenvalue weighted by atomic mass is 10.1. The van der Waals surface area contributed by atoms with Crippen LogP contribution < -0.4 is 4.72 Å². The molecule has 0 bridgehead atoms. The van der Waals surface area contributed by atoms with E-state index in [0.29, 0.717) is 11.3 Å². The molecule has 0 spiro atoms. The van der Waals surface area contributed by atoms with Crippen LogP contribution in [0.5, 0.6) is 0 Å². The van der Waals surface area contributed by atoms with Gasteiger partial charge in [-0.1, -0.05) is 18.2 Å². The molecule has 0 amide bonds. The Morgan fingerprint density at radius 3 is 2.55 bits per heavy atom. The summed E-state index contributed by atoms with van der Waals surface area (Å²) in [6.07, 6.45) is 1.25. The molecule has 0 aliphatic carbocycles. The van der Waals surface area contributed by atoms with Gasteiger partial charge >= 0.3 is 5.97 Å². The van der Waals surface area contributed by atoms with E-state index in [4.69, 9.17) is 5.11 Å². The SMILES string of the molecule is Cc1cc(-n2ncc(C#N)c2NS(=O)(=O)c2ccc(C(=O)O)cc2)nc2ccccc12. The predicted molar refractivity (Wildman–Crippen MR) is 113 cm³/mol. The first kappa shape index (κ1) is 20.1. The Morgan fingerprint density at radius 2 is 1.87 bits per heavy atom. The fourth-order valence-electron chi connectivity index (χ4n) is 3.11. The van der Waals surface area contributed by atoms with Gasteiger partial charge in [0.25, 0.3) is 10.0 Å². The molecule has 0 fully saturated rings. The summed E-state index contributed by atoms with van der Waals surface area (Å²) in [4.78, 5) is 15.4. The van der Waals surface area contributed by atoms with Crippen molar-refractivity contribution < 1.29 is 18.3 Å². The van der Waals surface area contributed by atoms with Crippen LogP contribution in [0.15, 0.2) is 65.7 Å². The topological polar surface area (TPSA) is 138 Å². The Labute approximate surface area is 177 Å². The van der Waals surface area contributed by atoms with Crippen molar-refractivity contribution in [3.63, 3.8) is 0 Å². The second kappa shape index (κ2) is 7.55. The number of carboxylic acids is 1. The minimum atomic E-state index is -4.12. The summed E-state index contributed by atoms with van der Waals surface area (Å²) in [5.74, 6) is -0.886. The molecule has 0 unspecified atom stereocenters. The Kier molecular flexibility index (Phi) is 4.88. The molecule has 2 heterocycles. The fraction of sp³-hybridized carbons (Fsp3) is 0.0476. The van der Waals surface area contributed by atoms with E-state index in [0.717, 1.165) is 10.9 Å². The number of aromatic nitrogens is 3. The van der Waals surface area contributed by atoms with Crippen molar-refractivity contribution in [3.05, 3.63) is 77.5 Å². The van der Waals surface area contributed by atoms with E-state index < -0.39 is 16.0 Å². The number of fused-ring (bicyclic) bond motifs is 1. The molecule has 9 nitrogen and oxygen atoms in total. The van der Waals surface area contributed by atoms with Gasteiger partial charge in [-0.15, -0.1) is 0 Å². The van der Waals surface area contributed by atoms with Crippen LogP contribution in [0.1, 0.15) is 21.5 Å². The molecule has 4 aromatic rings. The van der Waals surface area contributed by atoms with Crippen LogP contribution in [0.3, 0.4) is 0 Å². The first-order valence-corrected chi connectivity index (χ1v) is 10.5. The highest BCUT2D eigenvalue weighted by Crippen LogP contribution is 2.25. The van der Waals surface area contributed by atoms with E-state index >= 15 is 0 Å². The molecule has 0 aliphatic heterocycles. The number of anilines is 1. The second-order valence-corrected chi connectivity index (χ2v) is 8.36. The molecule has 0 saturated heterocycles. The third-order valence-corrected chi connectivity index (χ3v) is 6.01. The smallest absolute Gasteiger partial charge is 0.335 e. The highest BCUT2D eigenvalue weighted by atomic mass is 32.2.